The number of rotatable bonds is 2. The normalized spacial score (nSPS) is 20.9. The maximum absolute atomic E-state index is 10.1. The van der Waals surface area contributed by atoms with Crippen LogP contribution in [0.1, 0.15) is 25.3 Å². The van der Waals surface area contributed by atoms with Crippen molar-refractivity contribution in [3.8, 4) is 0 Å². The molecule has 0 spiro atoms. The molecule has 0 aliphatic carbocycles. The van der Waals surface area contributed by atoms with Gasteiger partial charge >= 0.3 is 0 Å². The second-order valence-corrected chi connectivity index (χ2v) is 5.25. The Morgan fingerprint density at radius 3 is 2.93 bits per heavy atom. The molecule has 0 saturated carbocycles. The van der Waals surface area contributed by atoms with E-state index in [9.17, 15) is 5.11 Å². The van der Waals surface area contributed by atoms with Crippen LogP contribution >= 0.6 is 11.8 Å². The maximum atomic E-state index is 10.1. The van der Waals surface area contributed by atoms with Crippen molar-refractivity contribution in [2.75, 3.05) is 5.75 Å². The van der Waals surface area contributed by atoms with Crippen LogP contribution in [0.5, 0.6) is 0 Å². The Bertz CT molecular complexity index is 380. The molecule has 0 saturated heterocycles. The molecule has 0 amide bonds. The SMILES string of the molecule is CC(C)=CC(O)C1CSc2ccccc21. The average molecular weight is 220 g/mol. The highest BCUT2D eigenvalue weighted by molar-refractivity contribution is 7.99. The van der Waals surface area contributed by atoms with Crippen LogP contribution in [0.15, 0.2) is 40.8 Å². The number of hydrogen-bond acceptors (Lipinski definition) is 2. The molecule has 1 aromatic rings. The van der Waals surface area contributed by atoms with Gasteiger partial charge in [0.05, 0.1) is 6.10 Å². The Morgan fingerprint density at radius 1 is 1.47 bits per heavy atom. The van der Waals surface area contributed by atoms with Crippen molar-refractivity contribution in [2.45, 2.75) is 30.8 Å². The van der Waals surface area contributed by atoms with Gasteiger partial charge in [0.2, 0.25) is 0 Å². The molecule has 0 bridgehead atoms. The Morgan fingerprint density at radius 2 is 2.20 bits per heavy atom. The van der Waals surface area contributed by atoms with Crippen LogP contribution < -0.4 is 0 Å². The van der Waals surface area contributed by atoms with E-state index in [0.717, 1.165) is 5.75 Å². The molecule has 1 N–H and O–H groups in total. The number of aliphatic hydroxyl groups excluding tert-OH is 1. The van der Waals surface area contributed by atoms with Crippen molar-refractivity contribution in [3.63, 3.8) is 0 Å². The Balaban J connectivity index is 2.24. The molecule has 0 aromatic heterocycles. The molecule has 2 atom stereocenters. The van der Waals surface area contributed by atoms with Crippen molar-refractivity contribution in [1.29, 1.82) is 0 Å². The lowest BCUT2D eigenvalue weighted by atomic mass is 9.94. The molecule has 0 fully saturated rings. The highest BCUT2D eigenvalue weighted by Gasteiger charge is 2.27. The largest absolute Gasteiger partial charge is 0.388 e. The van der Waals surface area contributed by atoms with Gasteiger partial charge in [-0.15, -0.1) is 11.8 Å². The molecule has 80 valence electrons. The zero-order valence-corrected chi connectivity index (χ0v) is 9.92. The van der Waals surface area contributed by atoms with Gasteiger partial charge in [-0.05, 0) is 25.5 Å². The van der Waals surface area contributed by atoms with Gasteiger partial charge < -0.3 is 5.11 Å². The van der Waals surface area contributed by atoms with E-state index in [2.05, 4.69) is 18.2 Å². The molecular weight excluding hydrogens is 204 g/mol. The number of hydrogen-bond donors (Lipinski definition) is 1. The van der Waals surface area contributed by atoms with E-state index in [-0.39, 0.29) is 12.0 Å². The van der Waals surface area contributed by atoms with Crippen LogP contribution in [0.3, 0.4) is 0 Å². The van der Waals surface area contributed by atoms with E-state index in [0.29, 0.717) is 0 Å². The highest BCUT2D eigenvalue weighted by Crippen LogP contribution is 2.41. The van der Waals surface area contributed by atoms with E-state index in [4.69, 9.17) is 0 Å². The lowest BCUT2D eigenvalue weighted by molar-refractivity contribution is 0.198. The quantitative estimate of drug-likeness (QED) is 0.772. The molecule has 1 heterocycles. The highest BCUT2D eigenvalue weighted by atomic mass is 32.2. The van der Waals surface area contributed by atoms with Crippen molar-refractivity contribution in [2.24, 2.45) is 0 Å². The van der Waals surface area contributed by atoms with Gasteiger partial charge in [0, 0.05) is 16.6 Å². The van der Waals surface area contributed by atoms with Gasteiger partial charge in [-0.2, -0.15) is 0 Å². The number of allylic oxidation sites excluding steroid dienone is 1. The third-order valence-electron chi connectivity index (χ3n) is 2.65. The monoisotopic (exact) mass is 220 g/mol. The van der Waals surface area contributed by atoms with E-state index >= 15 is 0 Å². The lowest BCUT2D eigenvalue weighted by Gasteiger charge is -2.15. The minimum absolute atomic E-state index is 0.265. The molecule has 1 aliphatic heterocycles. The van der Waals surface area contributed by atoms with E-state index in [1.807, 2.05) is 37.8 Å². The fourth-order valence-electron chi connectivity index (χ4n) is 1.93. The molecule has 1 nitrogen and oxygen atoms in total. The van der Waals surface area contributed by atoms with Crippen LogP contribution in [0, 0.1) is 0 Å². The number of fused-ring (bicyclic) bond motifs is 1. The van der Waals surface area contributed by atoms with Gasteiger partial charge in [0.25, 0.3) is 0 Å². The first-order valence-electron chi connectivity index (χ1n) is 5.23. The zero-order valence-electron chi connectivity index (χ0n) is 9.10. The topological polar surface area (TPSA) is 20.2 Å². The Kier molecular flexibility index (Phi) is 3.17. The van der Waals surface area contributed by atoms with Gasteiger partial charge in [-0.3, -0.25) is 0 Å². The van der Waals surface area contributed by atoms with Crippen LogP contribution in [0.25, 0.3) is 0 Å². The van der Waals surface area contributed by atoms with Crippen LogP contribution in [-0.4, -0.2) is 17.0 Å². The van der Waals surface area contributed by atoms with Crippen LogP contribution in [0.2, 0.25) is 0 Å². The van der Waals surface area contributed by atoms with Gasteiger partial charge in [-0.1, -0.05) is 29.8 Å². The van der Waals surface area contributed by atoms with E-state index in [1.165, 1.54) is 16.0 Å². The molecule has 1 aliphatic rings. The van der Waals surface area contributed by atoms with Gasteiger partial charge in [0.15, 0.2) is 0 Å². The molecule has 2 heteroatoms. The molecule has 15 heavy (non-hydrogen) atoms. The maximum Gasteiger partial charge on any atom is 0.0800 e. The predicted octanol–water partition coefficient (Wildman–Crippen LogP) is 3.20. The average Bonchev–Trinajstić information content (AvgIpc) is 2.59. The summed E-state index contributed by atoms with van der Waals surface area (Å²) < 4.78 is 0. The second kappa shape index (κ2) is 4.42. The van der Waals surface area contributed by atoms with Crippen molar-refractivity contribution >= 4 is 11.8 Å². The summed E-state index contributed by atoms with van der Waals surface area (Å²) in [6.07, 6.45) is 1.61. The van der Waals surface area contributed by atoms with Crippen molar-refractivity contribution < 1.29 is 5.11 Å². The summed E-state index contributed by atoms with van der Waals surface area (Å²) in [5, 5.41) is 10.1. The lowest BCUT2D eigenvalue weighted by Crippen LogP contribution is -2.16. The number of benzene rings is 1. The summed E-state index contributed by atoms with van der Waals surface area (Å²) in [5.74, 6) is 1.26. The fraction of sp³-hybridized carbons (Fsp3) is 0.385. The third-order valence-corrected chi connectivity index (χ3v) is 3.86. The minimum Gasteiger partial charge on any atom is -0.388 e. The van der Waals surface area contributed by atoms with Gasteiger partial charge in [-0.25, -0.2) is 0 Å². The first kappa shape index (κ1) is 10.8. The van der Waals surface area contributed by atoms with Crippen molar-refractivity contribution in [3.05, 3.63) is 41.5 Å². The number of thioether (sulfide) groups is 1. The minimum atomic E-state index is -0.342. The van der Waals surface area contributed by atoms with Crippen LogP contribution in [0.4, 0.5) is 0 Å². The summed E-state index contributed by atoms with van der Waals surface area (Å²) in [5.41, 5.74) is 2.48. The van der Waals surface area contributed by atoms with Crippen LogP contribution in [-0.2, 0) is 0 Å². The summed E-state index contributed by atoms with van der Waals surface area (Å²) >= 11 is 1.84. The van der Waals surface area contributed by atoms with Gasteiger partial charge in [0.1, 0.15) is 0 Å². The Labute approximate surface area is 95.2 Å². The number of aliphatic hydroxyl groups is 1. The smallest absolute Gasteiger partial charge is 0.0800 e. The first-order chi connectivity index (χ1) is 7.18. The summed E-state index contributed by atoms with van der Waals surface area (Å²) in [6.45, 7) is 4.05. The standard InChI is InChI=1S/C13H16OS/c1-9(2)7-12(14)11-8-15-13-6-4-3-5-10(11)13/h3-7,11-12,14H,8H2,1-2H3. The first-order valence-corrected chi connectivity index (χ1v) is 6.22. The third kappa shape index (κ3) is 2.27. The van der Waals surface area contributed by atoms with E-state index in [1.54, 1.807) is 0 Å². The Hall–Kier alpha value is -0.730. The molecule has 1 aromatic carbocycles. The van der Waals surface area contributed by atoms with Crippen molar-refractivity contribution in [1.82, 2.24) is 0 Å². The zero-order chi connectivity index (χ0) is 10.8. The molecule has 0 radical (unpaired) electrons. The fourth-order valence-corrected chi connectivity index (χ4v) is 3.22. The molecular formula is C13H16OS. The summed E-state index contributed by atoms with van der Waals surface area (Å²) in [6, 6.07) is 8.37. The summed E-state index contributed by atoms with van der Waals surface area (Å²) in [7, 11) is 0. The predicted molar refractivity (Wildman–Crippen MR) is 65.3 cm³/mol. The second-order valence-electron chi connectivity index (χ2n) is 4.19. The summed E-state index contributed by atoms with van der Waals surface area (Å²) in [4.78, 5) is 1.32. The molecule has 2 unspecified atom stereocenters. The van der Waals surface area contributed by atoms with E-state index < -0.39 is 0 Å². The molecule has 2 rings (SSSR count).